The van der Waals surface area contributed by atoms with Crippen molar-refractivity contribution in [3.05, 3.63) is 65.5 Å². The number of rotatable bonds is 3. The minimum absolute atomic E-state index is 0.0110. The summed E-state index contributed by atoms with van der Waals surface area (Å²) in [6.45, 7) is 2.44. The van der Waals surface area contributed by atoms with E-state index < -0.39 is 11.7 Å². The fourth-order valence-corrected chi connectivity index (χ4v) is 2.97. The zero-order valence-electron chi connectivity index (χ0n) is 14.9. The van der Waals surface area contributed by atoms with E-state index >= 15 is 0 Å². The van der Waals surface area contributed by atoms with Crippen molar-refractivity contribution in [2.75, 3.05) is 11.9 Å². The molecule has 1 aliphatic rings. The van der Waals surface area contributed by atoms with Crippen molar-refractivity contribution in [3.8, 4) is 11.4 Å². The van der Waals surface area contributed by atoms with Gasteiger partial charge in [-0.25, -0.2) is 9.97 Å². The molecule has 0 aliphatic carbocycles. The molecule has 0 atom stereocenters. The van der Waals surface area contributed by atoms with E-state index in [0.717, 1.165) is 11.6 Å². The number of alkyl halides is 3. The Morgan fingerprint density at radius 1 is 1.00 bits per heavy atom. The van der Waals surface area contributed by atoms with E-state index in [1.165, 1.54) is 12.1 Å². The molecular weight excluding hydrogens is 367 g/mol. The summed E-state index contributed by atoms with van der Waals surface area (Å²) < 4.78 is 40.4. The molecule has 0 bridgehead atoms. The zero-order valence-corrected chi connectivity index (χ0v) is 14.9. The second kappa shape index (κ2) is 6.95. The summed E-state index contributed by atoms with van der Waals surface area (Å²) in [7, 11) is 0. The molecule has 0 saturated heterocycles. The van der Waals surface area contributed by atoms with Crippen molar-refractivity contribution < 1.29 is 13.2 Å². The maximum atomic E-state index is 13.5. The van der Waals surface area contributed by atoms with E-state index in [4.69, 9.17) is 0 Å². The second-order valence-corrected chi connectivity index (χ2v) is 6.35. The van der Waals surface area contributed by atoms with Crippen LogP contribution in [0.2, 0.25) is 0 Å². The van der Waals surface area contributed by atoms with E-state index in [0.29, 0.717) is 29.1 Å². The van der Waals surface area contributed by atoms with Gasteiger partial charge in [0.15, 0.2) is 5.82 Å². The topological polar surface area (TPSA) is 62.2 Å². The van der Waals surface area contributed by atoms with Gasteiger partial charge in [-0.1, -0.05) is 30.3 Å². The van der Waals surface area contributed by atoms with Crippen LogP contribution < -0.4 is 10.6 Å². The van der Waals surface area contributed by atoms with E-state index in [1.807, 2.05) is 19.1 Å². The highest BCUT2D eigenvalue weighted by Crippen LogP contribution is 2.37. The van der Waals surface area contributed by atoms with E-state index in [-0.39, 0.29) is 11.4 Å². The van der Waals surface area contributed by atoms with Crippen molar-refractivity contribution >= 4 is 23.1 Å². The lowest BCUT2D eigenvalue weighted by molar-refractivity contribution is -0.137. The van der Waals surface area contributed by atoms with Crippen LogP contribution in [-0.2, 0) is 6.18 Å². The first-order valence-electron chi connectivity index (χ1n) is 8.58. The minimum Gasteiger partial charge on any atom is -0.333 e. The number of para-hydroxylation sites is 1. The number of nitrogens with one attached hydrogen (secondary N) is 2. The molecule has 8 heteroatoms. The summed E-state index contributed by atoms with van der Waals surface area (Å²) in [5.41, 5.74) is 0.680. The highest BCUT2D eigenvalue weighted by atomic mass is 19.4. The van der Waals surface area contributed by atoms with Gasteiger partial charge in [-0.3, -0.25) is 4.99 Å². The molecule has 0 fully saturated rings. The lowest BCUT2D eigenvalue weighted by atomic mass is 10.1. The van der Waals surface area contributed by atoms with Gasteiger partial charge in [-0.2, -0.15) is 13.2 Å². The average Bonchev–Trinajstić information content (AvgIpc) is 2.69. The van der Waals surface area contributed by atoms with Crippen LogP contribution in [0.1, 0.15) is 12.5 Å². The summed E-state index contributed by atoms with van der Waals surface area (Å²) in [5, 5.41) is 6.91. The Hall–Kier alpha value is -3.42. The van der Waals surface area contributed by atoms with E-state index in [1.54, 1.807) is 24.5 Å². The SMILES string of the molecule is CC1=C(Nc2nc(-c3ccccc3C(F)(F)F)nc3ccccc23)NC=NC1. The summed E-state index contributed by atoms with van der Waals surface area (Å²) >= 11 is 0. The number of hydrogen-bond acceptors (Lipinski definition) is 5. The van der Waals surface area contributed by atoms with E-state index in [9.17, 15) is 13.2 Å². The van der Waals surface area contributed by atoms with Crippen LogP contribution >= 0.6 is 0 Å². The number of aliphatic imine (C=N–C) groups is 1. The largest absolute Gasteiger partial charge is 0.417 e. The van der Waals surface area contributed by atoms with Crippen molar-refractivity contribution in [1.29, 1.82) is 0 Å². The Labute approximate surface area is 159 Å². The molecule has 3 aromatic rings. The number of anilines is 1. The van der Waals surface area contributed by atoms with Crippen LogP contribution in [0.5, 0.6) is 0 Å². The van der Waals surface area contributed by atoms with Crippen molar-refractivity contribution in [2.45, 2.75) is 13.1 Å². The smallest absolute Gasteiger partial charge is 0.333 e. The fraction of sp³-hybridized carbons (Fsp3) is 0.150. The third kappa shape index (κ3) is 3.40. The number of halogens is 3. The third-order valence-electron chi connectivity index (χ3n) is 4.38. The third-order valence-corrected chi connectivity index (χ3v) is 4.38. The number of hydrogen-bond donors (Lipinski definition) is 2. The summed E-state index contributed by atoms with van der Waals surface area (Å²) in [4.78, 5) is 12.9. The molecule has 0 unspecified atom stereocenters. The highest BCUT2D eigenvalue weighted by molar-refractivity contribution is 5.91. The standard InChI is InChI=1S/C20H16F3N5/c1-12-10-24-11-25-17(12)27-19-14-7-3-5-9-16(14)26-18(28-19)13-6-2-4-8-15(13)20(21,22)23/h2-9,11H,10H2,1H3,(H,24,25)(H,26,27,28). The van der Waals surface area contributed by atoms with Crippen LogP contribution in [0.15, 0.2) is 64.9 Å². The van der Waals surface area contributed by atoms with Gasteiger partial charge in [-0.15, -0.1) is 0 Å². The first-order chi connectivity index (χ1) is 13.4. The maximum Gasteiger partial charge on any atom is 0.417 e. The number of benzene rings is 2. The first-order valence-corrected chi connectivity index (χ1v) is 8.58. The van der Waals surface area contributed by atoms with E-state index in [2.05, 4.69) is 25.6 Å². The monoisotopic (exact) mass is 383 g/mol. The minimum atomic E-state index is -4.50. The van der Waals surface area contributed by atoms with Crippen molar-refractivity contribution in [1.82, 2.24) is 15.3 Å². The van der Waals surface area contributed by atoms with Gasteiger partial charge < -0.3 is 10.6 Å². The van der Waals surface area contributed by atoms with Gasteiger partial charge in [0.05, 0.1) is 24.0 Å². The molecule has 1 aromatic heterocycles. The van der Waals surface area contributed by atoms with Gasteiger partial charge in [0, 0.05) is 10.9 Å². The van der Waals surface area contributed by atoms with Gasteiger partial charge in [-0.05, 0) is 30.7 Å². The molecule has 142 valence electrons. The quantitative estimate of drug-likeness (QED) is 0.694. The highest BCUT2D eigenvalue weighted by Gasteiger charge is 2.34. The van der Waals surface area contributed by atoms with Crippen LogP contribution in [0, 0.1) is 0 Å². The molecule has 28 heavy (non-hydrogen) atoms. The molecule has 5 nitrogen and oxygen atoms in total. The normalized spacial score (nSPS) is 14.3. The zero-order chi connectivity index (χ0) is 19.7. The molecule has 2 heterocycles. The lowest BCUT2D eigenvalue weighted by Crippen LogP contribution is -2.24. The van der Waals surface area contributed by atoms with Gasteiger partial charge in [0.1, 0.15) is 11.6 Å². The number of nitrogens with zero attached hydrogens (tertiary/aromatic N) is 3. The molecular formula is C20H16F3N5. The van der Waals surface area contributed by atoms with Gasteiger partial charge in [0.25, 0.3) is 0 Å². The predicted octanol–water partition coefficient (Wildman–Crippen LogP) is 4.59. The van der Waals surface area contributed by atoms with Crippen LogP contribution in [0.25, 0.3) is 22.3 Å². The predicted molar refractivity (Wildman–Crippen MR) is 103 cm³/mol. The van der Waals surface area contributed by atoms with Gasteiger partial charge in [0.2, 0.25) is 0 Å². The number of fused-ring (bicyclic) bond motifs is 1. The summed E-state index contributed by atoms with van der Waals surface area (Å²) in [5.74, 6) is 1.14. The summed E-state index contributed by atoms with van der Waals surface area (Å²) in [6.07, 6.45) is -2.93. The van der Waals surface area contributed by atoms with Crippen LogP contribution in [0.3, 0.4) is 0 Å². The van der Waals surface area contributed by atoms with Gasteiger partial charge >= 0.3 is 6.18 Å². The molecule has 0 radical (unpaired) electrons. The Bertz CT molecular complexity index is 1100. The average molecular weight is 383 g/mol. The molecule has 2 N–H and O–H groups in total. The van der Waals surface area contributed by atoms with Crippen LogP contribution in [0.4, 0.5) is 19.0 Å². The molecule has 0 amide bonds. The Balaban J connectivity index is 1.88. The molecule has 0 spiro atoms. The molecule has 2 aromatic carbocycles. The van der Waals surface area contributed by atoms with Crippen molar-refractivity contribution in [3.63, 3.8) is 0 Å². The Kier molecular flexibility index (Phi) is 4.46. The number of aromatic nitrogens is 2. The molecule has 0 saturated carbocycles. The molecule has 1 aliphatic heterocycles. The maximum absolute atomic E-state index is 13.5. The van der Waals surface area contributed by atoms with Crippen molar-refractivity contribution in [2.24, 2.45) is 4.99 Å². The fourth-order valence-electron chi connectivity index (χ4n) is 2.97. The second-order valence-electron chi connectivity index (χ2n) is 6.35. The summed E-state index contributed by atoms with van der Waals surface area (Å²) in [6, 6.07) is 12.5. The first kappa shape index (κ1) is 18.0. The Morgan fingerprint density at radius 3 is 2.54 bits per heavy atom. The Morgan fingerprint density at radius 2 is 1.75 bits per heavy atom. The lowest BCUT2D eigenvalue weighted by Gasteiger charge is -2.18. The molecule has 4 rings (SSSR count). The van der Waals surface area contributed by atoms with Crippen LogP contribution in [-0.4, -0.2) is 22.9 Å².